The van der Waals surface area contributed by atoms with Gasteiger partial charge in [0.2, 0.25) is 11.8 Å². The number of nitrogens with zero attached hydrogens (tertiary/aromatic N) is 6. The van der Waals surface area contributed by atoms with Crippen LogP contribution >= 0.6 is 0 Å². The predicted octanol–water partition coefficient (Wildman–Crippen LogP) is 5.63. The molecule has 0 aliphatic carbocycles. The monoisotopic (exact) mass is 684 g/mol. The van der Waals surface area contributed by atoms with Crippen molar-refractivity contribution in [2.45, 2.75) is 71.5 Å². The van der Waals surface area contributed by atoms with Gasteiger partial charge in [0.05, 0.1) is 49.4 Å². The van der Waals surface area contributed by atoms with Crippen molar-refractivity contribution in [3.8, 4) is 33.9 Å². The molecule has 3 amide bonds. The van der Waals surface area contributed by atoms with E-state index < -0.39 is 18.0 Å². The normalized spacial score (nSPS) is 18.2. The van der Waals surface area contributed by atoms with E-state index in [2.05, 4.69) is 35.2 Å². The number of alkyl carbamates (subject to hydrolysis) is 1. The number of carbonyl (C=O) groups excluding carboxylic acids is 3. The van der Waals surface area contributed by atoms with Crippen molar-refractivity contribution in [3.05, 3.63) is 66.9 Å². The number of halogens is 1. The summed E-state index contributed by atoms with van der Waals surface area (Å²) in [6, 6.07) is 3.67. The van der Waals surface area contributed by atoms with E-state index in [4.69, 9.17) is 4.74 Å². The maximum atomic E-state index is 15.5. The number of rotatable bonds is 10. The summed E-state index contributed by atoms with van der Waals surface area (Å²) >= 11 is 0. The number of ether oxygens (including phenoxy) is 1. The van der Waals surface area contributed by atoms with Gasteiger partial charge in [0, 0.05) is 42.2 Å². The number of likely N-dealkylation sites (tertiary alicyclic amines) is 2. The predicted molar refractivity (Wildman–Crippen MR) is 183 cm³/mol. The zero-order valence-electron chi connectivity index (χ0n) is 28.9. The Hall–Kier alpha value is -5.14. The van der Waals surface area contributed by atoms with E-state index in [1.807, 2.05) is 32.6 Å². The highest BCUT2D eigenvalue weighted by Crippen LogP contribution is 2.35. The molecule has 2 aliphatic rings. The molecule has 3 atom stereocenters. The minimum atomic E-state index is -0.720. The molecule has 3 aromatic heterocycles. The number of methoxy groups -OCH3 is 1. The van der Waals surface area contributed by atoms with Crippen molar-refractivity contribution in [1.29, 1.82) is 0 Å². The van der Waals surface area contributed by atoms with E-state index in [9.17, 15) is 14.4 Å². The molecular formula is C36H43FN9O4. The average Bonchev–Trinajstić information content (AvgIpc) is 3.93. The number of amides is 3. The number of nitrogens with one attached hydrogen (secondary N) is 3. The third-order valence-corrected chi connectivity index (χ3v) is 9.24. The highest BCUT2D eigenvalue weighted by Gasteiger charge is 2.37. The Morgan fingerprint density at radius 2 is 1.50 bits per heavy atom. The topological polar surface area (TPSA) is 162 Å². The van der Waals surface area contributed by atoms with E-state index in [0.717, 1.165) is 25.7 Å². The van der Waals surface area contributed by atoms with Crippen LogP contribution in [0.3, 0.4) is 0 Å². The molecule has 13 nitrogen and oxygen atoms in total. The Balaban J connectivity index is 1.13. The van der Waals surface area contributed by atoms with Crippen LogP contribution in [-0.2, 0) is 14.3 Å². The highest BCUT2D eigenvalue weighted by molar-refractivity contribution is 5.86. The van der Waals surface area contributed by atoms with Gasteiger partial charge in [-0.05, 0) is 49.7 Å². The number of imidazole rings is 2. The SMILES string of the molecule is COC(=O)N[C@H](C(=O)N1CCC[C@H]1c1ncc(-c2cnc(-c3ccc(-c4cnc([C@@H]5CCCN5C(=O)[CH]C(C)C)[nH]4)c(F)c3)nc2)[nH]1)C(C)C. The molecule has 1 aromatic carbocycles. The van der Waals surface area contributed by atoms with E-state index in [0.29, 0.717) is 58.6 Å². The number of aromatic amines is 2. The number of H-pyrrole nitrogens is 2. The van der Waals surface area contributed by atoms with Crippen molar-refractivity contribution >= 4 is 17.9 Å². The van der Waals surface area contributed by atoms with Gasteiger partial charge in [0.15, 0.2) is 5.82 Å². The summed E-state index contributed by atoms with van der Waals surface area (Å²) in [7, 11) is 1.27. The van der Waals surface area contributed by atoms with Crippen LogP contribution in [0.4, 0.5) is 9.18 Å². The second kappa shape index (κ2) is 14.8. The second-order valence-electron chi connectivity index (χ2n) is 13.5. The van der Waals surface area contributed by atoms with Crippen LogP contribution in [0.5, 0.6) is 0 Å². The summed E-state index contributed by atoms with van der Waals surface area (Å²) in [6.07, 6.45) is 10.9. The van der Waals surface area contributed by atoms with Crippen molar-refractivity contribution in [3.63, 3.8) is 0 Å². The van der Waals surface area contributed by atoms with Crippen LogP contribution in [0, 0.1) is 24.1 Å². The quantitative estimate of drug-likeness (QED) is 0.194. The molecule has 5 heterocycles. The van der Waals surface area contributed by atoms with Crippen LogP contribution in [0.2, 0.25) is 0 Å². The van der Waals surface area contributed by atoms with Crippen LogP contribution in [-0.4, -0.2) is 83.9 Å². The maximum absolute atomic E-state index is 15.5. The Kier molecular flexibility index (Phi) is 10.3. The molecule has 3 N–H and O–H groups in total. The molecule has 6 rings (SSSR count). The Labute approximate surface area is 290 Å². The van der Waals surface area contributed by atoms with E-state index in [-0.39, 0.29) is 35.7 Å². The molecule has 263 valence electrons. The standard InChI is InChI=1S/C36H43FN9O4/c1-20(2)14-30(47)45-12-6-8-28(45)33-41-19-27(43-33)24-11-10-22(15-25(24)37)32-38-16-23(17-39-32)26-18-40-34(42-26)29-9-7-13-46(29)35(48)31(21(3)4)44-36(49)50-5/h10-11,14-21,28-29,31H,6-9,12-13H2,1-5H3,(H,40,42)(H,41,43)(H,44,49)/t28-,29-,31-/m0/s1. The first-order valence-electron chi connectivity index (χ1n) is 17.1. The van der Waals surface area contributed by atoms with Gasteiger partial charge in [-0.1, -0.05) is 33.8 Å². The molecule has 4 aromatic rings. The molecule has 0 saturated carbocycles. The van der Waals surface area contributed by atoms with Gasteiger partial charge in [-0.25, -0.2) is 29.1 Å². The lowest BCUT2D eigenvalue weighted by Crippen LogP contribution is -2.51. The molecule has 2 fully saturated rings. The molecule has 0 spiro atoms. The molecule has 0 bridgehead atoms. The lowest BCUT2D eigenvalue weighted by Gasteiger charge is -2.30. The summed E-state index contributed by atoms with van der Waals surface area (Å²) < 4.78 is 20.2. The van der Waals surface area contributed by atoms with E-state index in [1.54, 1.807) is 48.2 Å². The number of carbonyl (C=O) groups is 3. The smallest absolute Gasteiger partial charge is 0.407 e. The Morgan fingerprint density at radius 1 is 0.880 bits per heavy atom. The van der Waals surface area contributed by atoms with Crippen molar-refractivity contribution < 1.29 is 23.5 Å². The number of hydrogen-bond acceptors (Lipinski definition) is 8. The first-order chi connectivity index (χ1) is 24.0. The zero-order valence-corrected chi connectivity index (χ0v) is 28.9. The summed E-state index contributed by atoms with van der Waals surface area (Å²) in [4.78, 5) is 66.3. The first-order valence-corrected chi connectivity index (χ1v) is 17.1. The highest BCUT2D eigenvalue weighted by atomic mass is 19.1. The lowest BCUT2D eigenvalue weighted by molar-refractivity contribution is -0.135. The average molecular weight is 685 g/mol. The Bertz CT molecular complexity index is 1840. The van der Waals surface area contributed by atoms with Crippen LogP contribution < -0.4 is 5.32 Å². The minimum Gasteiger partial charge on any atom is -0.453 e. The fourth-order valence-corrected chi connectivity index (χ4v) is 6.67. The third kappa shape index (κ3) is 7.24. The van der Waals surface area contributed by atoms with Gasteiger partial charge < -0.3 is 29.8 Å². The van der Waals surface area contributed by atoms with Crippen LogP contribution in [0.1, 0.15) is 77.1 Å². The molecular weight excluding hydrogens is 641 g/mol. The zero-order chi connectivity index (χ0) is 35.5. The minimum absolute atomic E-state index is 0.00597. The molecule has 2 aliphatic heterocycles. The summed E-state index contributed by atoms with van der Waals surface area (Å²) in [5.74, 6) is 1.02. The van der Waals surface area contributed by atoms with Gasteiger partial charge in [-0.2, -0.15) is 0 Å². The van der Waals surface area contributed by atoms with Crippen molar-refractivity contribution in [2.75, 3.05) is 20.2 Å². The molecule has 2 saturated heterocycles. The van der Waals surface area contributed by atoms with Gasteiger partial charge >= 0.3 is 6.09 Å². The summed E-state index contributed by atoms with van der Waals surface area (Å²) in [5, 5.41) is 2.66. The number of aromatic nitrogens is 6. The summed E-state index contributed by atoms with van der Waals surface area (Å²) in [5.41, 5.74) is 2.77. The molecule has 1 radical (unpaired) electrons. The van der Waals surface area contributed by atoms with Crippen LogP contribution in [0.15, 0.2) is 43.0 Å². The number of hydrogen-bond donors (Lipinski definition) is 3. The van der Waals surface area contributed by atoms with Gasteiger partial charge in [0.1, 0.15) is 23.5 Å². The Morgan fingerprint density at radius 3 is 2.12 bits per heavy atom. The fourth-order valence-electron chi connectivity index (χ4n) is 6.67. The lowest BCUT2D eigenvalue weighted by atomic mass is 10.0. The van der Waals surface area contributed by atoms with Gasteiger partial charge in [0.25, 0.3) is 0 Å². The summed E-state index contributed by atoms with van der Waals surface area (Å²) in [6.45, 7) is 8.92. The largest absolute Gasteiger partial charge is 0.453 e. The number of benzene rings is 1. The van der Waals surface area contributed by atoms with Crippen LogP contribution in [0.25, 0.3) is 33.9 Å². The van der Waals surface area contributed by atoms with E-state index in [1.165, 1.54) is 13.2 Å². The van der Waals surface area contributed by atoms with Crippen molar-refractivity contribution in [1.82, 2.24) is 45.0 Å². The fraction of sp³-hybridized carbons (Fsp3) is 0.444. The first kappa shape index (κ1) is 34.7. The molecule has 0 unspecified atom stereocenters. The van der Waals surface area contributed by atoms with Crippen molar-refractivity contribution in [2.24, 2.45) is 11.8 Å². The molecule has 50 heavy (non-hydrogen) atoms. The second-order valence-corrected chi connectivity index (χ2v) is 13.5. The molecule has 14 heteroatoms. The van der Waals surface area contributed by atoms with Gasteiger partial charge in [-0.15, -0.1) is 0 Å². The third-order valence-electron chi connectivity index (χ3n) is 9.24. The maximum Gasteiger partial charge on any atom is 0.407 e. The van der Waals surface area contributed by atoms with Gasteiger partial charge in [-0.3, -0.25) is 9.59 Å². The van der Waals surface area contributed by atoms with E-state index >= 15 is 4.39 Å².